The molecule has 3 rings (SSSR count). The van der Waals surface area contributed by atoms with Crippen molar-refractivity contribution in [2.45, 2.75) is 19.3 Å². The van der Waals surface area contributed by atoms with Gasteiger partial charge in [0, 0.05) is 16.8 Å². The molecule has 0 radical (unpaired) electrons. The molecule has 3 aromatic rings. The van der Waals surface area contributed by atoms with E-state index in [1.165, 1.54) is 6.92 Å². The number of hydrogen-bond acceptors (Lipinski definition) is 4. The van der Waals surface area contributed by atoms with Crippen molar-refractivity contribution in [1.29, 1.82) is 0 Å². The van der Waals surface area contributed by atoms with Gasteiger partial charge in [0.2, 0.25) is 0 Å². The van der Waals surface area contributed by atoms with Gasteiger partial charge in [-0.25, -0.2) is 4.79 Å². The lowest BCUT2D eigenvalue weighted by atomic mass is 9.87. The van der Waals surface area contributed by atoms with E-state index in [4.69, 9.17) is 4.42 Å². The minimum Gasteiger partial charge on any atom is -0.507 e. The minimum atomic E-state index is -0.627. The summed E-state index contributed by atoms with van der Waals surface area (Å²) in [5.41, 5.74) is 0.572. The number of halogens is 1. The molecule has 0 amide bonds. The van der Waals surface area contributed by atoms with Gasteiger partial charge in [-0.2, -0.15) is 0 Å². The van der Waals surface area contributed by atoms with Crippen molar-refractivity contribution in [3.63, 3.8) is 0 Å². The Morgan fingerprint density at radius 1 is 1.21 bits per heavy atom. The molecule has 0 aliphatic heterocycles. The van der Waals surface area contributed by atoms with Gasteiger partial charge in [0.05, 0.1) is 10.9 Å². The first-order valence-electron chi connectivity index (χ1n) is 7.47. The smallest absolute Gasteiger partial charge is 0.343 e. The van der Waals surface area contributed by atoms with Crippen LogP contribution in [-0.4, -0.2) is 10.9 Å². The number of carbonyl (C=O) groups is 1. The molecule has 5 heteroatoms. The van der Waals surface area contributed by atoms with Crippen LogP contribution in [0.4, 0.5) is 0 Å². The number of benzene rings is 2. The van der Waals surface area contributed by atoms with E-state index in [2.05, 4.69) is 15.9 Å². The van der Waals surface area contributed by atoms with E-state index < -0.39 is 11.5 Å². The predicted molar refractivity (Wildman–Crippen MR) is 95.4 cm³/mol. The molecule has 1 unspecified atom stereocenters. The fourth-order valence-electron chi connectivity index (χ4n) is 2.84. The van der Waals surface area contributed by atoms with Crippen LogP contribution < -0.4 is 5.63 Å². The quantitative estimate of drug-likeness (QED) is 0.675. The first-order chi connectivity index (χ1) is 11.5. The normalized spacial score (nSPS) is 12.2. The summed E-state index contributed by atoms with van der Waals surface area (Å²) in [6, 6.07) is 14.2. The number of hydrogen-bond donors (Lipinski definition) is 1. The zero-order chi connectivity index (χ0) is 17.3. The van der Waals surface area contributed by atoms with Crippen molar-refractivity contribution in [2.75, 3.05) is 0 Å². The number of ketones is 1. The summed E-state index contributed by atoms with van der Waals surface area (Å²) in [7, 11) is 0. The third kappa shape index (κ3) is 3.12. The molecule has 24 heavy (non-hydrogen) atoms. The summed E-state index contributed by atoms with van der Waals surface area (Å²) in [5, 5.41) is 11.1. The molecule has 0 aliphatic carbocycles. The SMILES string of the molecule is CC(=O)CC(c1ccccc1)c1c(O)c2cc(Br)ccc2oc1=O. The summed E-state index contributed by atoms with van der Waals surface area (Å²) in [6.45, 7) is 1.46. The highest BCUT2D eigenvalue weighted by molar-refractivity contribution is 9.10. The Bertz CT molecular complexity index is 960. The third-order valence-electron chi connectivity index (χ3n) is 3.92. The molecule has 0 bridgehead atoms. The van der Waals surface area contributed by atoms with Crippen molar-refractivity contribution < 1.29 is 14.3 Å². The van der Waals surface area contributed by atoms with Gasteiger partial charge in [0.25, 0.3) is 0 Å². The van der Waals surface area contributed by atoms with Crippen LogP contribution in [-0.2, 0) is 4.79 Å². The fourth-order valence-corrected chi connectivity index (χ4v) is 3.20. The predicted octanol–water partition coefficient (Wildman–Crippen LogP) is 4.37. The van der Waals surface area contributed by atoms with Crippen LogP contribution in [0.5, 0.6) is 5.75 Å². The Balaban J connectivity index is 2.28. The monoisotopic (exact) mass is 386 g/mol. The molecule has 0 saturated heterocycles. The third-order valence-corrected chi connectivity index (χ3v) is 4.41. The Morgan fingerprint density at radius 2 is 1.92 bits per heavy atom. The van der Waals surface area contributed by atoms with E-state index in [1.807, 2.05) is 30.3 Å². The number of aromatic hydroxyl groups is 1. The van der Waals surface area contributed by atoms with E-state index in [-0.39, 0.29) is 23.5 Å². The molecule has 1 heterocycles. The lowest BCUT2D eigenvalue weighted by Crippen LogP contribution is -2.16. The summed E-state index contributed by atoms with van der Waals surface area (Å²) in [5.74, 6) is -0.766. The molecule has 2 aromatic carbocycles. The van der Waals surface area contributed by atoms with Gasteiger partial charge in [-0.1, -0.05) is 46.3 Å². The number of carbonyl (C=O) groups excluding carboxylic acids is 1. The van der Waals surface area contributed by atoms with Crippen LogP contribution in [0.1, 0.15) is 30.4 Å². The second kappa shape index (κ2) is 6.61. The summed E-state index contributed by atoms with van der Waals surface area (Å²) >= 11 is 3.35. The Kier molecular flexibility index (Phi) is 4.53. The van der Waals surface area contributed by atoms with Crippen LogP contribution >= 0.6 is 15.9 Å². The van der Waals surface area contributed by atoms with Crippen molar-refractivity contribution in [3.05, 3.63) is 74.6 Å². The molecule has 0 aliphatic rings. The summed E-state index contributed by atoms with van der Waals surface area (Å²) in [6.07, 6.45) is 0.113. The number of rotatable bonds is 4. The van der Waals surface area contributed by atoms with Gasteiger partial charge in [-0.05, 0) is 30.7 Å². The average molecular weight is 387 g/mol. The van der Waals surface area contributed by atoms with Gasteiger partial charge < -0.3 is 9.52 Å². The maximum atomic E-state index is 12.5. The van der Waals surface area contributed by atoms with Gasteiger partial charge in [0.1, 0.15) is 17.1 Å². The van der Waals surface area contributed by atoms with Gasteiger partial charge in [-0.15, -0.1) is 0 Å². The molecule has 0 spiro atoms. The molecular formula is C19H15BrO4. The largest absolute Gasteiger partial charge is 0.507 e. The first-order valence-corrected chi connectivity index (χ1v) is 8.26. The second-order valence-corrected chi connectivity index (χ2v) is 6.58. The van der Waals surface area contributed by atoms with Crippen LogP contribution in [0.25, 0.3) is 11.0 Å². The van der Waals surface area contributed by atoms with Crippen LogP contribution in [0.3, 0.4) is 0 Å². The Morgan fingerprint density at radius 3 is 2.58 bits per heavy atom. The molecule has 122 valence electrons. The average Bonchev–Trinajstić information content (AvgIpc) is 2.55. The van der Waals surface area contributed by atoms with Crippen molar-refractivity contribution in [2.24, 2.45) is 0 Å². The van der Waals surface area contributed by atoms with Gasteiger partial charge >= 0.3 is 5.63 Å². The Hall–Kier alpha value is -2.40. The second-order valence-electron chi connectivity index (χ2n) is 5.66. The standard InChI is InChI=1S/C19H15BrO4/c1-11(21)9-14(12-5-3-2-4-6-12)17-18(22)15-10-13(20)7-8-16(15)24-19(17)23/h2-8,10,14,22H,9H2,1H3. The first kappa shape index (κ1) is 16.5. The molecular weight excluding hydrogens is 372 g/mol. The van der Waals surface area contributed by atoms with Crippen molar-refractivity contribution in [3.8, 4) is 5.75 Å². The van der Waals surface area contributed by atoms with E-state index in [0.29, 0.717) is 11.0 Å². The number of Topliss-reactive ketones (excluding diaryl/α,β-unsaturated/α-hetero) is 1. The maximum absolute atomic E-state index is 12.5. The lowest BCUT2D eigenvalue weighted by Gasteiger charge is -2.17. The Labute approximate surface area is 146 Å². The molecule has 4 nitrogen and oxygen atoms in total. The van der Waals surface area contributed by atoms with Crippen LogP contribution in [0.15, 0.2) is 62.2 Å². The van der Waals surface area contributed by atoms with Crippen molar-refractivity contribution >= 4 is 32.7 Å². The summed E-state index contributed by atoms with van der Waals surface area (Å²) < 4.78 is 6.12. The molecule has 0 saturated carbocycles. The zero-order valence-corrected chi connectivity index (χ0v) is 14.5. The highest BCUT2D eigenvalue weighted by Crippen LogP contribution is 2.36. The molecule has 1 atom stereocenters. The van der Waals surface area contributed by atoms with Crippen LogP contribution in [0.2, 0.25) is 0 Å². The highest BCUT2D eigenvalue weighted by atomic mass is 79.9. The van der Waals surface area contributed by atoms with Crippen LogP contribution in [0, 0.1) is 0 Å². The molecule has 1 aromatic heterocycles. The van der Waals surface area contributed by atoms with E-state index in [0.717, 1.165) is 10.0 Å². The fraction of sp³-hybridized carbons (Fsp3) is 0.158. The maximum Gasteiger partial charge on any atom is 0.343 e. The molecule has 0 fully saturated rings. The summed E-state index contributed by atoms with van der Waals surface area (Å²) in [4.78, 5) is 24.2. The molecule has 1 N–H and O–H groups in total. The highest BCUT2D eigenvalue weighted by Gasteiger charge is 2.25. The van der Waals surface area contributed by atoms with E-state index >= 15 is 0 Å². The minimum absolute atomic E-state index is 0.0722. The van der Waals surface area contributed by atoms with Crippen molar-refractivity contribution in [1.82, 2.24) is 0 Å². The van der Waals surface area contributed by atoms with E-state index in [1.54, 1.807) is 18.2 Å². The van der Waals surface area contributed by atoms with Gasteiger partial charge in [0.15, 0.2) is 0 Å². The number of fused-ring (bicyclic) bond motifs is 1. The lowest BCUT2D eigenvalue weighted by molar-refractivity contribution is -0.117. The van der Waals surface area contributed by atoms with Gasteiger partial charge in [-0.3, -0.25) is 4.79 Å². The zero-order valence-electron chi connectivity index (χ0n) is 13.0. The van der Waals surface area contributed by atoms with E-state index in [9.17, 15) is 14.7 Å². The topological polar surface area (TPSA) is 67.5 Å².